The van der Waals surface area contributed by atoms with Crippen LogP contribution in [-0.2, 0) is 4.79 Å². The van der Waals surface area contributed by atoms with Gasteiger partial charge in [-0.15, -0.1) is 10.2 Å². The van der Waals surface area contributed by atoms with Crippen molar-refractivity contribution in [2.45, 2.75) is 24.3 Å². The van der Waals surface area contributed by atoms with E-state index >= 15 is 0 Å². The van der Waals surface area contributed by atoms with Crippen LogP contribution < -0.4 is 11.1 Å². The lowest BCUT2D eigenvalue weighted by molar-refractivity contribution is -0.120. The summed E-state index contributed by atoms with van der Waals surface area (Å²) in [4.78, 5) is 23.6. The molecule has 0 bridgehead atoms. The number of hydrogen-bond acceptors (Lipinski definition) is 5. The van der Waals surface area contributed by atoms with Gasteiger partial charge in [0.25, 0.3) is 0 Å². The number of carbonyl (C=O) groups is 2. The molecule has 0 saturated heterocycles. The van der Waals surface area contributed by atoms with Crippen LogP contribution in [0.2, 0.25) is 5.02 Å². The highest BCUT2D eigenvalue weighted by molar-refractivity contribution is 8.00. The smallest absolute Gasteiger partial charge is 0.318 e. The zero-order chi connectivity index (χ0) is 21.0. The number of rotatable bonds is 6. The molecule has 9 heteroatoms. The summed E-state index contributed by atoms with van der Waals surface area (Å²) in [5.41, 5.74) is 6.80. The summed E-state index contributed by atoms with van der Waals surface area (Å²) in [5, 5.41) is 11.4. The van der Waals surface area contributed by atoms with E-state index in [1.165, 1.54) is 11.8 Å². The fourth-order valence-electron chi connectivity index (χ4n) is 2.74. The Balaban J connectivity index is 2.06. The van der Waals surface area contributed by atoms with Crippen molar-refractivity contribution in [1.29, 1.82) is 0 Å². The molecular formula is C20H20ClN5O2S. The van der Waals surface area contributed by atoms with Crippen molar-refractivity contribution >= 4 is 35.3 Å². The molecule has 2 aromatic carbocycles. The van der Waals surface area contributed by atoms with E-state index in [0.717, 1.165) is 11.3 Å². The van der Waals surface area contributed by atoms with Gasteiger partial charge >= 0.3 is 6.03 Å². The summed E-state index contributed by atoms with van der Waals surface area (Å²) in [6, 6.07) is 16.0. The summed E-state index contributed by atoms with van der Waals surface area (Å²) in [7, 11) is 0. The maximum Gasteiger partial charge on any atom is 0.318 e. The van der Waals surface area contributed by atoms with Crippen molar-refractivity contribution < 1.29 is 9.59 Å². The molecular weight excluding hydrogens is 410 g/mol. The van der Waals surface area contributed by atoms with E-state index in [4.69, 9.17) is 17.3 Å². The highest BCUT2D eigenvalue weighted by Crippen LogP contribution is 2.33. The van der Waals surface area contributed by atoms with Crippen molar-refractivity contribution in [1.82, 2.24) is 20.1 Å². The fraction of sp³-hybridized carbons (Fsp3) is 0.200. The van der Waals surface area contributed by atoms with Gasteiger partial charge in [0.1, 0.15) is 0 Å². The molecule has 0 spiro atoms. The molecule has 1 unspecified atom stereocenters. The third-order valence-electron chi connectivity index (χ3n) is 4.09. The van der Waals surface area contributed by atoms with Crippen LogP contribution in [0.1, 0.15) is 13.8 Å². The van der Waals surface area contributed by atoms with Gasteiger partial charge in [-0.25, -0.2) is 4.79 Å². The average Bonchev–Trinajstić information content (AvgIpc) is 3.10. The Kier molecular flexibility index (Phi) is 6.56. The molecule has 0 aliphatic rings. The SMILES string of the molecule is CC(C)C(Sc1nnc(-c2ccccc2)n1-c1ccc(Cl)cc1)C(=O)NC(N)=O. The van der Waals surface area contributed by atoms with Gasteiger partial charge in [-0.05, 0) is 30.2 Å². The molecule has 0 aliphatic carbocycles. The first kappa shape index (κ1) is 20.9. The maximum atomic E-state index is 12.5. The van der Waals surface area contributed by atoms with Crippen LogP contribution >= 0.6 is 23.4 Å². The van der Waals surface area contributed by atoms with Crippen LogP contribution in [0, 0.1) is 5.92 Å². The molecule has 29 heavy (non-hydrogen) atoms. The molecule has 3 aromatic rings. The Labute approximate surface area is 177 Å². The number of imide groups is 1. The fourth-order valence-corrected chi connectivity index (χ4v) is 3.92. The Bertz CT molecular complexity index is 1010. The van der Waals surface area contributed by atoms with Crippen LogP contribution in [0.5, 0.6) is 0 Å². The summed E-state index contributed by atoms with van der Waals surface area (Å²) in [6.07, 6.45) is 0. The Morgan fingerprint density at radius 3 is 2.31 bits per heavy atom. The summed E-state index contributed by atoms with van der Waals surface area (Å²) < 4.78 is 1.86. The number of nitrogens with two attached hydrogens (primary N) is 1. The van der Waals surface area contributed by atoms with Crippen LogP contribution in [0.15, 0.2) is 59.8 Å². The summed E-state index contributed by atoms with van der Waals surface area (Å²) in [6.45, 7) is 3.78. The van der Waals surface area contributed by atoms with E-state index < -0.39 is 17.2 Å². The minimum Gasteiger partial charge on any atom is -0.351 e. The van der Waals surface area contributed by atoms with Crippen molar-refractivity contribution in [2.75, 3.05) is 0 Å². The van der Waals surface area contributed by atoms with Gasteiger partial charge in [-0.3, -0.25) is 14.7 Å². The Hall–Kier alpha value is -2.84. The van der Waals surface area contributed by atoms with Gasteiger partial charge in [0.2, 0.25) is 5.91 Å². The molecule has 0 fully saturated rings. The topological polar surface area (TPSA) is 103 Å². The van der Waals surface area contributed by atoms with E-state index in [9.17, 15) is 9.59 Å². The number of aromatic nitrogens is 3. The number of urea groups is 1. The lowest BCUT2D eigenvalue weighted by Crippen LogP contribution is -2.42. The van der Waals surface area contributed by atoms with Crippen molar-refractivity contribution in [3.8, 4) is 17.1 Å². The zero-order valence-electron chi connectivity index (χ0n) is 15.9. The molecule has 1 atom stereocenters. The lowest BCUT2D eigenvalue weighted by atomic mass is 10.1. The monoisotopic (exact) mass is 429 g/mol. The van der Waals surface area contributed by atoms with Gasteiger partial charge in [-0.1, -0.05) is 67.5 Å². The number of amides is 3. The average molecular weight is 430 g/mol. The Morgan fingerprint density at radius 2 is 1.72 bits per heavy atom. The number of benzene rings is 2. The summed E-state index contributed by atoms with van der Waals surface area (Å²) >= 11 is 7.27. The number of halogens is 1. The second kappa shape index (κ2) is 9.11. The third-order valence-corrected chi connectivity index (χ3v) is 5.83. The van der Waals surface area contributed by atoms with Crippen LogP contribution in [0.3, 0.4) is 0 Å². The zero-order valence-corrected chi connectivity index (χ0v) is 17.4. The molecule has 150 valence electrons. The second-order valence-corrected chi connectivity index (χ2v) is 8.17. The van der Waals surface area contributed by atoms with E-state index in [1.807, 2.05) is 60.9 Å². The van der Waals surface area contributed by atoms with E-state index in [2.05, 4.69) is 15.5 Å². The highest BCUT2D eigenvalue weighted by atomic mass is 35.5. The number of thioether (sulfide) groups is 1. The third kappa shape index (κ3) is 4.96. The first-order valence-corrected chi connectivity index (χ1v) is 10.2. The molecule has 1 aromatic heterocycles. The van der Waals surface area contributed by atoms with Gasteiger partial charge in [0.15, 0.2) is 11.0 Å². The molecule has 0 radical (unpaired) electrons. The second-order valence-electron chi connectivity index (χ2n) is 6.62. The van der Waals surface area contributed by atoms with E-state index in [0.29, 0.717) is 16.0 Å². The predicted molar refractivity (Wildman–Crippen MR) is 114 cm³/mol. The van der Waals surface area contributed by atoms with Gasteiger partial charge in [0, 0.05) is 16.3 Å². The number of hydrogen-bond donors (Lipinski definition) is 2. The largest absolute Gasteiger partial charge is 0.351 e. The van der Waals surface area contributed by atoms with Crippen LogP contribution in [-0.4, -0.2) is 32.0 Å². The molecule has 7 nitrogen and oxygen atoms in total. The number of primary amides is 1. The molecule has 3 amide bonds. The van der Waals surface area contributed by atoms with Crippen LogP contribution in [0.4, 0.5) is 4.79 Å². The number of carbonyl (C=O) groups excluding carboxylic acids is 2. The molecule has 3 N–H and O–H groups in total. The molecule has 3 rings (SSSR count). The standard InChI is InChI=1S/C20H20ClN5O2S/c1-12(2)16(18(27)23-19(22)28)29-20-25-24-17(13-6-4-3-5-7-13)26(20)15-10-8-14(21)9-11-15/h3-12,16H,1-2H3,(H3,22,23,27,28). The predicted octanol–water partition coefficient (Wildman–Crippen LogP) is 3.90. The van der Waals surface area contributed by atoms with Gasteiger partial charge in [0.05, 0.1) is 5.25 Å². The summed E-state index contributed by atoms with van der Waals surface area (Å²) in [5.74, 6) is 0.0903. The van der Waals surface area contributed by atoms with E-state index in [-0.39, 0.29) is 5.92 Å². The normalized spacial score (nSPS) is 12.0. The number of nitrogens with zero attached hydrogens (tertiary/aromatic N) is 3. The molecule has 0 saturated carbocycles. The Morgan fingerprint density at radius 1 is 1.07 bits per heavy atom. The first-order valence-electron chi connectivity index (χ1n) is 8.90. The molecule has 0 aliphatic heterocycles. The maximum absolute atomic E-state index is 12.5. The van der Waals surface area contributed by atoms with Gasteiger partial charge < -0.3 is 5.73 Å². The van der Waals surface area contributed by atoms with Crippen LogP contribution in [0.25, 0.3) is 17.1 Å². The van der Waals surface area contributed by atoms with Crippen molar-refractivity contribution in [3.63, 3.8) is 0 Å². The molecule has 1 heterocycles. The lowest BCUT2D eigenvalue weighted by Gasteiger charge is -2.19. The highest BCUT2D eigenvalue weighted by Gasteiger charge is 2.28. The first-order chi connectivity index (χ1) is 13.9. The van der Waals surface area contributed by atoms with Gasteiger partial charge in [-0.2, -0.15) is 0 Å². The van der Waals surface area contributed by atoms with E-state index in [1.54, 1.807) is 12.1 Å². The minimum atomic E-state index is -0.884. The number of nitrogens with one attached hydrogen (secondary N) is 1. The quantitative estimate of drug-likeness (QED) is 0.578. The minimum absolute atomic E-state index is 0.0742. The van der Waals surface area contributed by atoms with Crippen molar-refractivity contribution in [2.24, 2.45) is 11.7 Å². The van der Waals surface area contributed by atoms with Crippen molar-refractivity contribution in [3.05, 3.63) is 59.6 Å².